The van der Waals surface area contributed by atoms with Crippen LogP contribution in [-0.2, 0) is 16.0 Å². The molecule has 0 aliphatic carbocycles. The van der Waals surface area contributed by atoms with E-state index in [4.69, 9.17) is 15.6 Å². The summed E-state index contributed by atoms with van der Waals surface area (Å²) in [7, 11) is 1.59. The molecule has 5 heteroatoms. The van der Waals surface area contributed by atoms with Crippen LogP contribution in [0.5, 0.6) is 0 Å². The second-order valence-corrected chi connectivity index (χ2v) is 4.66. The summed E-state index contributed by atoms with van der Waals surface area (Å²) in [5, 5.41) is 9.06. The van der Waals surface area contributed by atoms with Crippen molar-refractivity contribution in [3.05, 3.63) is 35.9 Å². The molecule has 0 radical (unpaired) electrons. The van der Waals surface area contributed by atoms with E-state index in [-0.39, 0.29) is 18.4 Å². The molecule has 20 heavy (non-hydrogen) atoms. The van der Waals surface area contributed by atoms with Crippen LogP contribution in [0.4, 0.5) is 0 Å². The van der Waals surface area contributed by atoms with Gasteiger partial charge in [-0.3, -0.25) is 4.79 Å². The maximum atomic E-state index is 12.5. The molecule has 5 nitrogen and oxygen atoms in total. The number of rotatable bonds is 9. The Labute approximate surface area is 120 Å². The maximum Gasteiger partial charge on any atom is 0.227 e. The second-order valence-electron chi connectivity index (χ2n) is 4.66. The number of ether oxygens (including phenoxy) is 1. The van der Waals surface area contributed by atoms with E-state index in [2.05, 4.69) is 0 Å². The molecule has 0 bridgehead atoms. The van der Waals surface area contributed by atoms with E-state index in [9.17, 15) is 4.79 Å². The smallest absolute Gasteiger partial charge is 0.227 e. The molecule has 112 valence electrons. The number of benzene rings is 1. The minimum atomic E-state index is -0.263. The fourth-order valence-corrected chi connectivity index (χ4v) is 2.08. The van der Waals surface area contributed by atoms with Crippen molar-refractivity contribution in [1.82, 2.24) is 4.90 Å². The average molecular weight is 280 g/mol. The zero-order valence-electron chi connectivity index (χ0n) is 12.0. The number of aliphatic hydroxyl groups excluding tert-OH is 1. The van der Waals surface area contributed by atoms with Gasteiger partial charge in [-0.1, -0.05) is 30.3 Å². The lowest BCUT2D eigenvalue weighted by molar-refractivity contribution is -0.136. The summed E-state index contributed by atoms with van der Waals surface area (Å²) < 4.78 is 4.99. The molecule has 1 unspecified atom stereocenters. The molecule has 0 spiro atoms. The molecule has 0 aliphatic heterocycles. The summed E-state index contributed by atoms with van der Waals surface area (Å²) in [4.78, 5) is 14.1. The Hall–Kier alpha value is -1.43. The Morgan fingerprint density at radius 1 is 1.35 bits per heavy atom. The number of amides is 1. The molecule has 0 aliphatic rings. The highest BCUT2D eigenvalue weighted by molar-refractivity contribution is 5.79. The zero-order valence-corrected chi connectivity index (χ0v) is 12.0. The Balaban J connectivity index is 2.67. The minimum absolute atomic E-state index is 0.0255. The molecule has 3 N–H and O–H groups in total. The predicted molar refractivity (Wildman–Crippen MR) is 78.2 cm³/mol. The topological polar surface area (TPSA) is 75.8 Å². The Kier molecular flexibility index (Phi) is 7.87. The maximum absolute atomic E-state index is 12.5. The van der Waals surface area contributed by atoms with Gasteiger partial charge in [-0.05, 0) is 12.0 Å². The fraction of sp³-hybridized carbons (Fsp3) is 0.533. The molecule has 0 fully saturated rings. The van der Waals surface area contributed by atoms with Crippen molar-refractivity contribution in [1.29, 1.82) is 0 Å². The first-order chi connectivity index (χ1) is 9.72. The summed E-state index contributed by atoms with van der Waals surface area (Å²) in [6.45, 7) is 1.48. The van der Waals surface area contributed by atoms with E-state index >= 15 is 0 Å². The molecule has 1 aromatic carbocycles. The number of carbonyl (C=O) groups is 1. The first-order valence-corrected chi connectivity index (χ1v) is 6.85. The number of hydrogen-bond acceptors (Lipinski definition) is 4. The normalized spacial score (nSPS) is 12.2. The van der Waals surface area contributed by atoms with Crippen molar-refractivity contribution in [3.63, 3.8) is 0 Å². The SMILES string of the molecule is COCCN(CCO)C(=O)C(CN)Cc1ccccc1. The van der Waals surface area contributed by atoms with Crippen molar-refractivity contribution in [2.24, 2.45) is 11.7 Å². The molecular formula is C15H24N2O3. The molecular weight excluding hydrogens is 256 g/mol. The third-order valence-electron chi connectivity index (χ3n) is 3.21. The summed E-state index contributed by atoms with van der Waals surface area (Å²) >= 11 is 0. The van der Waals surface area contributed by atoms with E-state index in [1.54, 1.807) is 12.0 Å². The van der Waals surface area contributed by atoms with Crippen LogP contribution in [0.25, 0.3) is 0 Å². The van der Waals surface area contributed by atoms with Crippen molar-refractivity contribution >= 4 is 5.91 Å². The lowest BCUT2D eigenvalue weighted by atomic mass is 9.98. The van der Waals surface area contributed by atoms with Gasteiger partial charge in [-0.2, -0.15) is 0 Å². The monoisotopic (exact) mass is 280 g/mol. The quantitative estimate of drug-likeness (QED) is 0.681. The molecule has 1 aromatic rings. The highest BCUT2D eigenvalue weighted by Gasteiger charge is 2.23. The molecule has 0 heterocycles. The Morgan fingerprint density at radius 2 is 2.05 bits per heavy atom. The van der Waals surface area contributed by atoms with E-state index in [0.29, 0.717) is 32.7 Å². The van der Waals surface area contributed by atoms with E-state index in [0.717, 1.165) is 5.56 Å². The van der Waals surface area contributed by atoms with Gasteiger partial charge in [0.25, 0.3) is 0 Å². The van der Waals surface area contributed by atoms with E-state index < -0.39 is 0 Å². The van der Waals surface area contributed by atoms with Crippen molar-refractivity contribution in [2.75, 3.05) is 40.0 Å². The summed E-state index contributed by atoms with van der Waals surface area (Å²) in [5.41, 5.74) is 6.83. The third kappa shape index (κ3) is 5.28. The van der Waals surface area contributed by atoms with Crippen LogP contribution in [-0.4, -0.2) is 55.9 Å². The van der Waals surface area contributed by atoms with Gasteiger partial charge < -0.3 is 20.5 Å². The van der Waals surface area contributed by atoms with Crippen LogP contribution in [0.3, 0.4) is 0 Å². The average Bonchev–Trinajstić information content (AvgIpc) is 2.49. The van der Waals surface area contributed by atoms with Crippen LogP contribution in [0.15, 0.2) is 30.3 Å². The highest BCUT2D eigenvalue weighted by atomic mass is 16.5. The lowest BCUT2D eigenvalue weighted by Crippen LogP contribution is -2.43. The van der Waals surface area contributed by atoms with Gasteiger partial charge in [0.1, 0.15) is 0 Å². The Bertz CT molecular complexity index is 384. The minimum Gasteiger partial charge on any atom is -0.395 e. The lowest BCUT2D eigenvalue weighted by Gasteiger charge is -2.26. The third-order valence-corrected chi connectivity index (χ3v) is 3.21. The molecule has 0 aromatic heterocycles. The van der Waals surface area contributed by atoms with E-state index in [1.807, 2.05) is 30.3 Å². The first-order valence-electron chi connectivity index (χ1n) is 6.85. The number of hydrogen-bond donors (Lipinski definition) is 2. The Morgan fingerprint density at radius 3 is 2.60 bits per heavy atom. The first kappa shape index (κ1) is 16.6. The van der Waals surface area contributed by atoms with Crippen LogP contribution < -0.4 is 5.73 Å². The summed E-state index contributed by atoms with van der Waals surface area (Å²) in [6, 6.07) is 9.82. The van der Waals surface area contributed by atoms with Crippen molar-refractivity contribution < 1.29 is 14.6 Å². The largest absolute Gasteiger partial charge is 0.395 e. The summed E-state index contributed by atoms with van der Waals surface area (Å²) in [5.74, 6) is -0.289. The van der Waals surface area contributed by atoms with Crippen molar-refractivity contribution in [3.8, 4) is 0 Å². The molecule has 1 amide bonds. The predicted octanol–water partition coefficient (Wildman–Crippen LogP) is 0.271. The van der Waals surface area contributed by atoms with Crippen LogP contribution in [0.2, 0.25) is 0 Å². The van der Waals surface area contributed by atoms with Crippen LogP contribution in [0.1, 0.15) is 5.56 Å². The van der Waals surface area contributed by atoms with Gasteiger partial charge in [-0.15, -0.1) is 0 Å². The molecule has 1 atom stereocenters. The van der Waals surface area contributed by atoms with Crippen molar-refractivity contribution in [2.45, 2.75) is 6.42 Å². The van der Waals surface area contributed by atoms with Gasteiger partial charge in [0.2, 0.25) is 5.91 Å². The second kappa shape index (κ2) is 9.47. The van der Waals surface area contributed by atoms with Gasteiger partial charge >= 0.3 is 0 Å². The van der Waals surface area contributed by atoms with E-state index in [1.165, 1.54) is 0 Å². The van der Waals surface area contributed by atoms with Crippen LogP contribution >= 0.6 is 0 Å². The molecule has 1 rings (SSSR count). The number of methoxy groups -OCH3 is 1. The standard InChI is InChI=1S/C15H24N2O3/c1-20-10-8-17(7-9-18)15(19)14(12-16)11-13-5-3-2-4-6-13/h2-6,14,18H,7-12,16H2,1H3. The van der Waals surface area contributed by atoms with Gasteiger partial charge in [0, 0.05) is 26.7 Å². The van der Waals surface area contributed by atoms with Gasteiger partial charge in [0.15, 0.2) is 0 Å². The number of nitrogens with two attached hydrogens (primary N) is 1. The molecule has 0 saturated carbocycles. The highest BCUT2D eigenvalue weighted by Crippen LogP contribution is 2.11. The number of aliphatic hydroxyl groups is 1. The number of nitrogens with zero attached hydrogens (tertiary/aromatic N) is 1. The number of carbonyl (C=O) groups excluding carboxylic acids is 1. The van der Waals surface area contributed by atoms with Crippen LogP contribution in [0, 0.1) is 5.92 Å². The fourth-order valence-electron chi connectivity index (χ4n) is 2.08. The van der Waals surface area contributed by atoms with Gasteiger partial charge in [-0.25, -0.2) is 0 Å². The zero-order chi connectivity index (χ0) is 14.8. The molecule has 0 saturated heterocycles. The van der Waals surface area contributed by atoms with Gasteiger partial charge in [0.05, 0.1) is 19.1 Å². The summed E-state index contributed by atoms with van der Waals surface area (Å²) in [6.07, 6.45) is 0.616.